The molecule has 2 aliphatic rings. The Kier molecular flexibility index (Phi) is 7.27. The Labute approximate surface area is 225 Å². The van der Waals surface area contributed by atoms with Crippen LogP contribution in [0.15, 0.2) is 70.5 Å². The molecule has 3 aromatic carbocycles. The smallest absolute Gasteiger partial charge is 0.339 e. The van der Waals surface area contributed by atoms with E-state index in [0.717, 1.165) is 46.9 Å². The minimum Gasteiger partial charge on any atom is -0.378 e. The van der Waals surface area contributed by atoms with Crippen molar-refractivity contribution in [2.24, 2.45) is 0 Å². The highest BCUT2D eigenvalue weighted by molar-refractivity contribution is 8.18. The van der Waals surface area contributed by atoms with Crippen LogP contribution < -0.4 is 4.18 Å². The molecule has 0 atom stereocenters. The number of benzene rings is 3. The van der Waals surface area contributed by atoms with E-state index in [1.54, 1.807) is 35.2 Å². The van der Waals surface area contributed by atoms with Gasteiger partial charge in [0.25, 0.3) is 11.1 Å². The molecule has 0 saturated carbocycles. The number of fused-ring (bicyclic) bond motifs is 1. The highest BCUT2D eigenvalue weighted by atomic mass is 32.2. The van der Waals surface area contributed by atoms with Crippen LogP contribution >= 0.6 is 11.8 Å². The molecule has 2 heterocycles. The van der Waals surface area contributed by atoms with Gasteiger partial charge in [0.1, 0.15) is 11.4 Å². The highest BCUT2D eigenvalue weighted by Gasteiger charge is 2.37. The second-order valence-electron chi connectivity index (χ2n) is 9.26. The first-order valence-electron chi connectivity index (χ1n) is 12.3. The zero-order valence-corrected chi connectivity index (χ0v) is 22.4. The molecule has 10 heteroatoms. The van der Waals surface area contributed by atoms with Gasteiger partial charge in [-0.15, -0.1) is 0 Å². The summed E-state index contributed by atoms with van der Waals surface area (Å²) in [6.45, 7) is 2.78. The number of hydrogen-bond acceptors (Lipinski definition) is 7. The lowest BCUT2D eigenvalue weighted by molar-refractivity contribution is -0.136. The molecule has 5 rings (SSSR count). The van der Waals surface area contributed by atoms with Gasteiger partial charge < -0.3 is 9.08 Å². The number of hydrogen-bond donors (Lipinski definition) is 0. The lowest BCUT2D eigenvalue weighted by Gasteiger charge is -2.27. The normalized spacial score (nSPS) is 17.4. The Morgan fingerprint density at radius 2 is 1.68 bits per heavy atom. The highest BCUT2D eigenvalue weighted by Crippen LogP contribution is 2.37. The van der Waals surface area contributed by atoms with Crippen molar-refractivity contribution in [2.45, 2.75) is 31.1 Å². The van der Waals surface area contributed by atoms with E-state index in [1.807, 2.05) is 19.1 Å². The van der Waals surface area contributed by atoms with Gasteiger partial charge in [-0.1, -0.05) is 48.0 Å². The Balaban J connectivity index is 1.48. The van der Waals surface area contributed by atoms with E-state index in [1.165, 1.54) is 24.3 Å². The number of imide groups is 1. The molecule has 0 radical (unpaired) electrons. The Hall–Kier alpha value is -3.63. The molecular weight excluding hydrogens is 524 g/mol. The molecule has 0 aromatic heterocycles. The van der Waals surface area contributed by atoms with E-state index in [2.05, 4.69) is 0 Å². The maximum Gasteiger partial charge on any atom is 0.339 e. The largest absolute Gasteiger partial charge is 0.378 e. The average molecular weight is 551 g/mol. The second-order valence-corrected chi connectivity index (χ2v) is 11.8. The van der Waals surface area contributed by atoms with Crippen molar-refractivity contribution in [3.05, 3.63) is 76.7 Å². The van der Waals surface area contributed by atoms with Gasteiger partial charge in [-0.25, -0.2) is 0 Å². The molecule has 3 amide bonds. The Bertz CT molecular complexity index is 1560. The van der Waals surface area contributed by atoms with Crippen LogP contribution in [0.3, 0.4) is 0 Å². The first-order valence-corrected chi connectivity index (χ1v) is 14.5. The van der Waals surface area contributed by atoms with Gasteiger partial charge in [0.2, 0.25) is 5.91 Å². The fourth-order valence-corrected chi connectivity index (χ4v) is 6.28. The van der Waals surface area contributed by atoms with Crippen molar-refractivity contribution in [3.8, 4) is 5.75 Å². The molecule has 0 unspecified atom stereocenters. The molecule has 196 valence electrons. The van der Waals surface area contributed by atoms with Crippen LogP contribution in [0.1, 0.15) is 30.4 Å². The number of carbonyl (C=O) groups is 3. The van der Waals surface area contributed by atoms with E-state index < -0.39 is 21.3 Å². The van der Waals surface area contributed by atoms with Crippen molar-refractivity contribution in [3.63, 3.8) is 0 Å². The monoisotopic (exact) mass is 550 g/mol. The Morgan fingerprint density at radius 3 is 2.42 bits per heavy atom. The first kappa shape index (κ1) is 26.0. The molecular formula is C28H26N2O6S2. The number of aryl methyl sites for hydroxylation is 1. The summed E-state index contributed by atoms with van der Waals surface area (Å²) in [5, 5.41) is 0.917. The number of amides is 3. The third kappa shape index (κ3) is 5.32. The van der Waals surface area contributed by atoms with E-state index in [-0.39, 0.29) is 28.0 Å². The molecule has 2 aliphatic heterocycles. The van der Waals surface area contributed by atoms with Gasteiger partial charge in [-0.05, 0) is 73.0 Å². The van der Waals surface area contributed by atoms with Crippen LogP contribution in [0.25, 0.3) is 16.8 Å². The fraction of sp³-hybridized carbons (Fsp3) is 0.250. The topological polar surface area (TPSA) is 101 Å². The SMILES string of the molecule is Cc1ccc(S(=O)(=O)Oc2ccc3ccccc3c2/C=C2\SC(=O)N(CC(=O)N3CCCCC3)C2=O)cc1. The first-order chi connectivity index (χ1) is 18.2. The van der Waals surface area contributed by atoms with Crippen LogP contribution in [-0.2, 0) is 19.7 Å². The maximum absolute atomic E-state index is 13.2. The second kappa shape index (κ2) is 10.6. The van der Waals surface area contributed by atoms with Crippen LogP contribution in [0, 0.1) is 6.92 Å². The lowest BCUT2D eigenvalue weighted by atomic mass is 10.0. The molecule has 2 saturated heterocycles. The summed E-state index contributed by atoms with van der Waals surface area (Å²) in [7, 11) is -4.17. The predicted octanol–water partition coefficient (Wildman–Crippen LogP) is 4.96. The van der Waals surface area contributed by atoms with E-state index >= 15 is 0 Å². The van der Waals surface area contributed by atoms with Crippen molar-refractivity contribution >= 4 is 55.8 Å². The third-order valence-electron chi connectivity index (χ3n) is 6.59. The summed E-state index contributed by atoms with van der Waals surface area (Å²) in [6, 6.07) is 16.8. The van der Waals surface area contributed by atoms with Gasteiger partial charge in [-0.3, -0.25) is 19.3 Å². The summed E-state index contributed by atoms with van der Waals surface area (Å²) in [5.41, 5.74) is 1.26. The van der Waals surface area contributed by atoms with Crippen LogP contribution in [0.5, 0.6) is 5.75 Å². The van der Waals surface area contributed by atoms with Crippen molar-refractivity contribution < 1.29 is 27.0 Å². The number of thioether (sulfide) groups is 1. The predicted molar refractivity (Wildman–Crippen MR) is 146 cm³/mol. The van der Waals surface area contributed by atoms with Crippen molar-refractivity contribution in [2.75, 3.05) is 19.6 Å². The van der Waals surface area contributed by atoms with Crippen molar-refractivity contribution in [1.82, 2.24) is 9.80 Å². The van der Waals surface area contributed by atoms with E-state index in [9.17, 15) is 22.8 Å². The van der Waals surface area contributed by atoms with Gasteiger partial charge >= 0.3 is 10.1 Å². The third-order valence-corrected chi connectivity index (χ3v) is 8.75. The number of rotatable bonds is 6. The number of carbonyl (C=O) groups excluding carboxylic acids is 3. The zero-order chi connectivity index (χ0) is 26.9. The number of likely N-dealkylation sites (tertiary alicyclic amines) is 1. The lowest BCUT2D eigenvalue weighted by Crippen LogP contribution is -2.44. The van der Waals surface area contributed by atoms with Crippen LogP contribution in [0.4, 0.5) is 4.79 Å². The maximum atomic E-state index is 13.2. The van der Waals surface area contributed by atoms with Gasteiger partial charge in [-0.2, -0.15) is 8.42 Å². The van der Waals surface area contributed by atoms with Gasteiger partial charge in [0, 0.05) is 18.7 Å². The molecule has 0 bridgehead atoms. The number of nitrogens with zero attached hydrogens (tertiary/aromatic N) is 2. The van der Waals surface area contributed by atoms with Crippen LogP contribution in [0.2, 0.25) is 0 Å². The minimum absolute atomic E-state index is 0.00115. The van der Waals surface area contributed by atoms with E-state index in [0.29, 0.717) is 24.0 Å². The minimum atomic E-state index is -4.17. The Morgan fingerprint density at radius 1 is 0.974 bits per heavy atom. The van der Waals surface area contributed by atoms with Gasteiger partial charge in [0.05, 0.1) is 4.91 Å². The molecule has 0 aliphatic carbocycles. The summed E-state index contributed by atoms with van der Waals surface area (Å²) >= 11 is 0.721. The fourth-order valence-electron chi connectivity index (χ4n) is 4.51. The molecule has 0 spiro atoms. The van der Waals surface area contributed by atoms with Crippen LogP contribution in [-0.4, -0.2) is 54.9 Å². The molecule has 2 fully saturated rings. The molecule has 8 nitrogen and oxygen atoms in total. The molecule has 3 aromatic rings. The summed E-state index contributed by atoms with van der Waals surface area (Å²) in [5.74, 6) is -0.822. The van der Waals surface area contributed by atoms with Crippen molar-refractivity contribution in [1.29, 1.82) is 0 Å². The quantitative estimate of drug-likeness (QED) is 0.316. The summed E-state index contributed by atoms with van der Waals surface area (Å²) in [4.78, 5) is 41.4. The zero-order valence-electron chi connectivity index (χ0n) is 20.8. The van der Waals surface area contributed by atoms with Gasteiger partial charge in [0.15, 0.2) is 5.75 Å². The molecule has 38 heavy (non-hydrogen) atoms. The standard InChI is InChI=1S/C28H26N2O6S2/c1-19-9-12-21(13-10-19)38(34,35)36-24-14-11-20-7-3-4-8-22(20)23(24)17-25-27(32)30(28(33)37-25)18-26(31)29-15-5-2-6-16-29/h3-4,7-14,17H,2,5-6,15-16,18H2,1H3/b25-17-. The number of piperidine rings is 1. The molecule has 0 N–H and O–H groups in total. The summed E-state index contributed by atoms with van der Waals surface area (Å²) in [6.07, 6.45) is 4.34. The average Bonchev–Trinajstić information content (AvgIpc) is 3.18. The summed E-state index contributed by atoms with van der Waals surface area (Å²) < 4.78 is 31.7. The van der Waals surface area contributed by atoms with E-state index in [4.69, 9.17) is 4.18 Å².